The van der Waals surface area contributed by atoms with Crippen molar-refractivity contribution < 1.29 is 23.8 Å². The lowest BCUT2D eigenvalue weighted by atomic mass is 10.1. The molecule has 1 saturated heterocycles. The van der Waals surface area contributed by atoms with E-state index < -0.39 is 6.04 Å². The van der Waals surface area contributed by atoms with Gasteiger partial charge in [0.1, 0.15) is 5.75 Å². The number of carbonyl (C=O) groups excluding carboxylic acids is 2. The summed E-state index contributed by atoms with van der Waals surface area (Å²) in [4.78, 5) is 26.4. The zero-order chi connectivity index (χ0) is 21.5. The molecule has 1 aliphatic rings. The maximum atomic E-state index is 12.7. The van der Waals surface area contributed by atoms with Gasteiger partial charge in [-0.3, -0.25) is 9.59 Å². The van der Waals surface area contributed by atoms with Crippen LogP contribution in [0, 0.1) is 0 Å². The highest BCUT2D eigenvalue weighted by atomic mass is 16.5. The van der Waals surface area contributed by atoms with E-state index in [-0.39, 0.29) is 18.2 Å². The van der Waals surface area contributed by atoms with Crippen molar-refractivity contribution in [1.29, 1.82) is 0 Å². The van der Waals surface area contributed by atoms with Crippen molar-refractivity contribution in [2.75, 3.05) is 31.8 Å². The Labute approximate surface area is 176 Å². The largest absolute Gasteiger partial charge is 0.497 e. The monoisotopic (exact) mass is 412 g/mol. The molecule has 0 radical (unpaired) electrons. The third kappa shape index (κ3) is 4.91. The first kappa shape index (κ1) is 21.6. The number of rotatable bonds is 10. The minimum absolute atomic E-state index is 0.151. The lowest BCUT2D eigenvalue weighted by Gasteiger charge is -2.16. The minimum Gasteiger partial charge on any atom is -0.497 e. The summed E-state index contributed by atoms with van der Waals surface area (Å²) < 4.78 is 16.4. The fraction of sp³-hybridized carbons (Fsp3) is 0.391. The van der Waals surface area contributed by atoms with Gasteiger partial charge in [0.25, 0.3) is 5.91 Å². The van der Waals surface area contributed by atoms with Gasteiger partial charge in [0.2, 0.25) is 5.91 Å². The molecule has 1 atom stereocenters. The number of anilines is 1. The van der Waals surface area contributed by atoms with E-state index in [0.29, 0.717) is 37.6 Å². The molecule has 7 nitrogen and oxygen atoms in total. The highest BCUT2D eigenvalue weighted by molar-refractivity contribution is 6.22. The number of imide groups is 1. The molecule has 1 aliphatic heterocycles. The van der Waals surface area contributed by atoms with Crippen molar-refractivity contribution in [1.82, 2.24) is 5.32 Å². The molecule has 0 aliphatic carbocycles. The molecule has 1 unspecified atom stereocenters. The predicted molar refractivity (Wildman–Crippen MR) is 114 cm³/mol. The number of amides is 2. The number of hydrogen-bond donors (Lipinski definition) is 1. The van der Waals surface area contributed by atoms with Gasteiger partial charge in [-0.25, -0.2) is 4.90 Å². The number of nitrogens with one attached hydrogen (secondary N) is 1. The van der Waals surface area contributed by atoms with E-state index >= 15 is 0 Å². The second-order valence-electron chi connectivity index (χ2n) is 6.87. The van der Waals surface area contributed by atoms with Gasteiger partial charge in [-0.05, 0) is 68.8 Å². The Hall–Kier alpha value is -3.06. The van der Waals surface area contributed by atoms with E-state index in [1.165, 1.54) is 4.90 Å². The summed E-state index contributed by atoms with van der Waals surface area (Å²) in [5, 5.41) is 3.21. The normalized spacial score (nSPS) is 16.1. The van der Waals surface area contributed by atoms with Gasteiger partial charge in [-0.15, -0.1) is 0 Å². The van der Waals surface area contributed by atoms with Crippen LogP contribution in [-0.4, -0.2) is 44.7 Å². The molecule has 0 bridgehead atoms. The molecular formula is C23H28N2O5. The fourth-order valence-electron chi connectivity index (χ4n) is 3.44. The predicted octanol–water partition coefficient (Wildman–Crippen LogP) is 2.96. The Balaban J connectivity index is 1.59. The van der Waals surface area contributed by atoms with Crippen LogP contribution >= 0.6 is 0 Å². The van der Waals surface area contributed by atoms with Crippen LogP contribution < -0.4 is 24.4 Å². The SMILES string of the molecule is CCOc1ccc(CCNC2CC(=O)N(c3ccc(OC)cc3)C2=O)cc1OCC. The number of nitrogens with zero attached hydrogens (tertiary/aromatic N) is 1. The first-order valence-electron chi connectivity index (χ1n) is 10.2. The van der Waals surface area contributed by atoms with Gasteiger partial charge in [0, 0.05) is 0 Å². The lowest BCUT2D eigenvalue weighted by Crippen LogP contribution is -2.39. The molecule has 160 valence electrons. The molecule has 1 N–H and O–H groups in total. The Bertz CT molecular complexity index is 882. The Morgan fingerprint density at radius 2 is 1.70 bits per heavy atom. The third-order valence-electron chi connectivity index (χ3n) is 4.89. The summed E-state index contributed by atoms with van der Waals surface area (Å²) in [6.45, 7) is 5.56. The Morgan fingerprint density at radius 3 is 2.37 bits per heavy atom. The number of ether oxygens (including phenoxy) is 3. The first-order valence-corrected chi connectivity index (χ1v) is 10.2. The van der Waals surface area contributed by atoms with Crippen LogP contribution in [0.3, 0.4) is 0 Å². The second kappa shape index (κ2) is 10.1. The van der Waals surface area contributed by atoms with Crippen LogP contribution in [0.1, 0.15) is 25.8 Å². The second-order valence-corrected chi connectivity index (χ2v) is 6.87. The standard InChI is InChI=1S/C23H28N2O5/c1-4-29-20-11-6-16(14-21(20)30-5-2)12-13-24-19-15-22(26)25(23(19)27)17-7-9-18(28-3)10-8-17/h6-11,14,19,24H,4-5,12-13,15H2,1-3H3. The highest BCUT2D eigenvalue weighted by Gasteiger charge is 2.39. The van der Waals surface area contributed by atoms with Crippen LogP contribution in [0.15, 0.2) is 42.5 Å². The van der Waals surface area contributed by atoms with Crippen molar-refractivity contribution in [2.24, 2.45) is 0 Å². The van der Waals surface area contributed by atoms with Crippen LogP contribution in [0.25, 0.3) is 0 Å². The molecule has 2 amide bonds. The lowest BCUT2D eigenvalue weighted by molar-refractivity contribution is -0.121. The molecule has 1 fully saturated rings. The van der Waals surface area contributed by atoms with Crippen molar-refractivity contribution in [2.45, 2.75) is 32.7 Å². The summed E-state index contributed by atoms with van der Waals surface area (Å²) in [7, 11) is 1.57. The quantitative estimate of drug-likeness (QED) is 0.605. The van der Waals surface area contributed by atoms with Gasteiger partial charge >= 0.3 is 0 Å². The van der Waals surface area contributed by atoms with E-state index in [9.17, 15) is 9.59 Å². The molecule has 1 heterocycles. The molecule has 30 heavy (non-hydrogen) atoms. The minimum atomic E-state index is -0.520. The van der Waals surface area contributed by atoms with Crippen LogP contribution in [0.4, 0.5) is 5.69 Å². The summed E-state index contributed by atoms with van der Waals surface area (Å²) in [6, 6.07) is 12.2. The average Bonchev–Trinajstić information content (AvgIpc) is 3.03. The average molecular weight is 412 g/mol. The number of carbonyl (C=O) groups is 2. The molecule has 3 rings (SSSR count). The first-order chi connectivity index (χ1) is 14.6. The maximum Gasteiger partial charge on any atom is 0.251 e. The van der Waals surface area contributed by atoms with Gasteiger partial charge in [-0.2, -0.15) is 0 Å². The van der Waals surface area contributed by atoms with Crippen molar-refractivity contribution >= 4 is 17.5 Å². The van der Waals surface area contributed by atoms with Gasteiger partial charge in [0.15, 0.2) is 11.5 Å². The van der Waals surface area contributed by atoms with Gasteiger partial charge < -0.3 is 19.5 Å². The molecule has 0 spiro atoms. The van der Waals surface area contributed by atoms with Gasteiger partial charge in [-0.1, -0.05) is 6.07 Å². The van der Waals surface area contributed by atoms with E-state index in [4.69, 9.17) is 14.2 Å². The number of hydrogen-bond acceptors (Lipinski definition) is 6. The topological polar surface area (TPSA) is 77.1 Å². The fourth-order valence-corrected chi connectivity index (χ4v) is 3.44. The number of methoxy groups -OCH3 is 1. The zero-order valence-corrected chi connectivity index (χ0v) is 17.6. The summed E-state index contributed by atoms with van der Waals surface area (Å²) >= 11 is 0. The zero-order valence-electron chi connectivity index (χ0n) is 17.6. The van der Waals surface area contributed by atoms with E-state index in [1.54, 1.807) is 31.4 Å². The van der Waals surface area contributed by atoms with E-state index in [2.05, 4.69) is 5.32 Å². The number of benzene rings is 2. The van der Waals surface area contributed by atoms with Crippen LogP contribution in [-0.2, 0) is 16.0 Å². The summed E-state index contributed by atoms with van der Waals surface area (Å²) in [6.07, 6.45) is 0.853. The smallest absolute Gasteiger partial charge is 0.251 e. The van der Waals surface area contributed by atoms with Crippen molar-refractivity contribution in [3.05, 3.63) is 48.0 Å². The molecular weight excluding hydrogens is 384 g/mol. The highest BCUT2D eigenvalue weighted by Crippen LogP contribution is 2.29. The van der Waals surface area contributed by atoms with Crippen LogP contribution in [0.5, 0.6) is 17.2 Å². The van der Waals surface area contributed by atoms with E-state index in [0.717, 1.165) is 17.1 Å². The van der Waals surface area contributed by atoms with Gasteiger partial charge in [0.05, 0.1) is 38.5 Å². The molecule has 7 heteroatoms. The Kier molecular flexibility index (Phi) is 7.30. The van der Waals surface area contributed by atoms with E-state index in [1.807, 2.05) is 32.0 Å². The van der Waals surface area contributed by atoms with Crippen molar-refractivity contribution in [3.63, 3.8) is 0 Å². The molecule has 2 aromatic carbocycles. The van der Waals surface area contributed by atoms with Crippen LogP contribution in [0.2, 0.25) is 0 Å². The maximum absolute atomic E-state index is 12.7. The molecule has 0 aromatic heterocycles. The Morgan fingerprint density at radius 1 is 1.00 bits per heavy atom. The summed E-state index contributed by atoms with van der Waals surface area (Å²) in [5.74, 6) is 1.68. The molecule has 0 saturated carbocycles. The summed E-state index contributed by atoms with van der Waals surface area (Å²) in [5.41, 5.74) is 1.63. The third-order valence-corrected chi connectivity index (χ3v) is 4.89. The molecule has 2 aromatic rings. The van der Waals surface area contributed by atoms with Crippen molar-refractivity contribution in [3.8, 4) is 17.2 Å².